The standard InChI is InChI=1S/C17H20FN5O3S/c1-12-11-14(3-4-15(12)18)27(25,26)21-16-5-6-17(20-19-16)23-9-7-22(8-10-23)13(2)24/h3-6,11H,7-10H2,1-2H3,(H,19,21). The Balaban J connectivity index is 1.68. The minimum atomic E-state index is -3.88. The van der Waals surface area contributed by atoms with Crippen LogP contribution in [0, 0.1) is 12.7 Å². The van der Waals surface area contributed by atoms with Gasteiger partial charge in [0.1, 0.15) is 5.82 Å². The number of rotatable bonds is 4. The topological polar surface area (TPSA) is 95.5 Å². The monoisotopic (exact) mass is 393 g/mol. The first-order valence-corrected chi connectivity index (χ1v) is 9.88. The Bertz CT molecular complexity index is 942. The average molecular weight is 393 g/mol. The van der Waals surface area contributed by atoms with E-state index in [0.29, 0.717) is 32.0 Å². The van der Waals surface area contributed by atoms with Crippen LogP contribution in [0.5, 0.6) is 0 Å². The van der Waals surface area contributed by atoms with Gasteiger partial charge >= 0.3 is 0 Å². The molecule has 144 valence electrons. The Morgan fingerprint density at radius 2 is 1.81 bits per heavy atom. The van der Waals surface area contributed by atoms with Crippen molar-refractivity contribution in [2.24, 2.45) is 0 Å². The molecular formula is C17H20FN5O3S. The first-order valence-electron chi connectivity index (χ1n) is 8.39. The van der Waals surface area contributed by atoms with E-state index in [1.54, 1.807) is 17.9 Å². The number of carbonyl (C=O) groups excluding carboxylic acids is 1. The number of nitrogens with one attached hydrogen (secondary N) is 1. The number of nitrogens with zero attached hydrogens (tertiary/aromatic N) is 4. The SMILES string of the molecule is CC(=O)N1CCN(c2ccc(NS(=O)(=O)c3ccc(F)c(C)c3)nn2)CC1. The third-order valence-corrected chi connectivity index (χ3v) is 5.73. The normalized spacial score (nSPS) is 14.9. The fourth-order valence-corrected chi connectivity index (χ4v) is 3.86. The van der Waals surface area contributed by atoms with E-state index in [4.69, 9.17) is 0 Å². The van der Waals surface area contributed by atoms with Gasteiger partial charge in [0, 0.05) is 33.1 Å². The zero-order chi connectivity index (χ0) is 19.6. The van der Waals surface area contributed by atoms with Crippen molar-refractivity contribution in [2.75, 3.05) is 35.8 Å². The third kappa shape index (κ3) is 4.33. The number of sulfonamides is 1. The zero-order valence-corrected chi connectivity index (χ0v) is 15.8. The molecule has 8 nitrogen and oxygen atoms in total. The highest BCUT2D eigenvalue weighted by molar-refractivity contribution is 7.92. The summed E-state index contributed by atoms with van der Waals surface area (Å²) in [7, 11) is -3.88. The predicted octanol–water partition coefficient (Wildman–Crippen LogP) is 1.39. The fraction of sp³-hybridized carbons (Fsp3) is 0.353. The van der Waals surface area contributed by atoms with Crippen LogP contribution in [0.1, 0.15) is 12.5 Å². The van der Waals surface area contributed by atoms with Crippen molar-refractivity contribution >= 4 is 27.6 Å². The van der Waals surface area contributed by atoms with Crippen molar-refractivity contribution < 1.29 is 17.6 Å². The molecule has 2 aromatic rings. The van der Waals surface area contributed by atoms with Gasteiger partial charge < -0.3 is 9.80 Å². The van der Waals surface area contributed by atoms with E-state index in [1.165, 1.54) is 25.1 Å². The van der Waals surface area contributed by atoms with Crippen molar-refractivity contribution in [3.63, 3.8) is 0 Å². The molecule has 0 bridgehead atoms. The predicted molar refractivity (Wildman–Crippen MR) is 98.4 cm³/mol. The number of halogens is 1. The molecule has 0 radical (unpaired) electrons. The van der Waals surface area contributed by atoms with Crippen LogP contribution in [0.3, 0.4) is 0 Å². The van der Waals surface area contributed by atoms with Gasteiger partial charge in [-0.05, 0) is 42.8 Å². The number of benzene rings is 1. The summed E-state index contributed by atoms with van der Waals surface area (Å²) in [5.41, 5.74) is 0.240. The lowest BCUT2D eigenvalue weighted by Crippen LogP contribution is -2.48. The maximum Gasteiger partial charge on any atom is 0.263 e. The smallest absolute Gasteiger partial charge is 0.263 e. The summed E-state index contributed by atoms with van der Waals surface area (Å²) < 4.78 is 40.5. The number of anilines is 2. The summed E-state index contributed by atoms with van der Waals surface area (Å²) in [5.74, 6) is 0.256. The summed E-state index contributed by atoms with van der Waals surface area (Å²) in [6.07, 6.45) is 0. The quantitative estimate of drug-likeness (QED) is 0.844. The molecule has 1 aromatic carbocycles. The second-order valence-electron chi connectivity index (χ2n) is 6.29. The Morgan fingerprint density at radius 1 is 1.11 bits per heavy atom. The van der Waals surface area contributed by atoms with Crippen molar-refractivity contribution in [1.82, 2.24) is 15.1 Å². The lowest BCUT2D eigenvalue weighted by atomic mass is 10.2. The van der Waals surface area contributed by atoms with Gasteiger partial charge in [-0.2, -0.15) is 0 Å². The molecule has 0 unspecified atom stereocenters. The largest absolute Gasteiger partial charge is 0.352 e. The maximum absolute atomic E-state index is 13.3. The fourth-order valence-electron chi connectivity index (χ4n) is 2.78. The summed E-state index contributed by atoms with van der Waals surface area (Å²) in [6.45, 7) is 5.51. The molecule has 0 atom stereocenters. The van der Waals surface area contributed by atoms with Gasteiger partial charge in [0.2, 0.25) is 5.91 Å². The van der Waals surface area contributed by atoms with E-state index in [0.717, 1.165) is 6.07 Å². The molecule has 0 spiro atoms. The van der Waals surface area contributed by atoms with Gasteiger partial charge in [0.05, 0.1) is 4.90 Å². The number of hydrogen-bond acceptors (Lipinski definition) is 6. The van der Waals surface area contributed by atoms with E-state index in [2.05, 4.69) is 14.9 Å². The summed E-state index contributed by atoms with van der Waals surface area (Å²) in [6, 6.07) is 6.76. The molecule has 1 aliphatic rings. The molecule has 1 fully saturated rings. The van der Waals surface area contributed by atoms with Crippen LogP contribution in [0.4, 0.5) is 16.0 Å². The lowest BCUT2D eigenvalue weighted by Gasteiger charge is -2.34. The summed E-state index contributed by atoms with van der Waals surface area (Å²) in [5, 5.41) is 7.99. The van der Waals surface area contributed by atoms with Crippen LogP contribution < -0.4 is 9.62 Å². The Labute approximate surface area is 157 Å². The van der Waals surface area contributed by atoms with Crippen LogP contribution >= 0.6 is 0 Å². The first-order chi connectivity index (χ1) is 12.8. The van der Waals surface area contributed by atoms with Crippen molar-refractivity contribution in [3.8, 4) is 0 Å². The molecule has 10 heteroatoms. The molecule has 1 N–H and O–H groups in total. The van der Waals surface area contributed by atoms with Gasteiger partial charge in [-0.1, -0.05) is 0 Å². The molecule has 1 aliphatic heterocycles. The van der Waals surface area contributed by atoms with Gasteiger partial charge in [-0.15, -0.1) is 10.2 Å². The highest BCUT2D eigenvalue weighted by atomic mass is 32.2. The van der Waals surface area contributed by atoms with Crippen LogP contribution in [0.25, 0.3) is 0 Å². The summed E-state index contributed by atoms with van der Waals surface area (Å²) >= 11 is 0. The van der Waals surface area contributed by atoms with E-state index >= 15 is 0 Å². The molecule has 1 aromatic heterocycles. The van der Waals surface area contributed by atoms with Gasteiger partial charge in [-0.25, -0.2) is 12.8 Å². The second kappa shape index (κ2) is 7.47. The van der Waals surface area contributed by atoms with Crippen molar-refractivity contribution in [3.05, 3.63) is 41.7 Å². The first kappa shape index (κ1) is 19.0. The average Bonchev–Trinajstić information content (AvgIpc) is 2.64. The van der Waals surface area contributed by atoms with Gasteiger partial charge in [0.25, 0.3) is 10.0 Å². The van der Waals surface area contributed by atoms with Crippen LogP contribution in [0.15, 0.2) is 35.2 Å². The molecule has 1 amide bonds. The van der Waals surface area contributed by atoms with E-state index in [9.17, 15) is 17.6 Å². The molecule has 27 heavy (non-hydrogen) atoms. The number of aromatic nitrogens is 2. The number of hydrogen-bond donors (Lipinski definition) is 1. The van der Waals surface area contributed by atoms with Crippen LogP contribution in [0.2, 0.25) is 0 Å². The Morgan fingerprint density at radius 3 is 2.37 bits per heavy atom. The van der Waals surface area contributed by atoms with Crippen LogP contribution in [-0.2, 0) is 14.8 Å². The van der Waals surface area contributed by atoms with Gasteiger partial charge in [0.15, 0.2) is 11.6 Å². The minimum Gasteiger partial charge on any atom is -0.352 e. The number of aryl methyl sites for hydroxylation is 1. The third-order valence-electron chi connectivity index (χ3n) is 4.38. The van der Waals surface area contributed by atoms with Crippen LogP contribution in [-0.4, -0.2) is 55.6 Å². The van der Waals surface area contributed by atoms with Crippen molar-refractivity contribution in [1.29, 1.82) is 0 Å². The lowest BCUT2D eigenvalue weighted by molar-refractivity contribution is -0.129. The Kier molecular flexibility index (Phi) is 5.26. The number of carbonyl (C=O) groups is 1. The van der Waals surface area contributed by atoms with E-state index < -0.39 is 15.8 Å². The molecule has 1 saturated heterocycles. The van der Waals surface area contributed by atoms with Gasteiger partial charge in [-0.3, -0.25) is 9.52 Å². The highest BCUT2D eigenvalue weighted by Gasteiger charge is 2.20. The maximum atomic E-state index is 13.3. The highest BCUT2D eigenvalue weighted by Crippen LogP contribution is 2.19. The molecule has 0 aliphatic carbocycles. The second-order valence-corrected chi connectivity index (χ2v) is 7.97. The Hall–Kier alpha value is -2.75. The molecular weight excluding hydrogens is 373 g/mol. The van der Waals surface area contributed by atoms with E-state index in [-0.39, 0.29) is 22.2 Å². The molecule has 0 saturated carbocycles. The number of piperazine rings is 1. The zero-order valence-electron chi connectivity index (χ0n) is 15.0. The molecule has 2 heterocycles. The molecule has 3 rings (SSSR count). The van der Waals surface area contributed by atoms with E-state index in [1.807, 2.05) is 4.90 Å². The number of amides is 1. The minimum absolute atomic E-state index is 0.0431. The summed E-state index contributed by atoms with van der Waals surface area (Å²) in [4.78, 5) is 15.1. The van der Waals surface area contributed by atoms with Crippen molar-refractivity contribution in [2.45, 2.75) is 18.7 Å².